The van der Waals surface area contributed by atoms with Crippen LogP contribution in [0.4, 0.5) is 5.69 Å². The van der Waals surface area contributed by atoms with E-state index < -0.39 is 0 Å². The van der Waals surface area contributed by atoms with Crippen molar-refractivity contribution in [3.63, 3.8) is 0 Å². The molecule has 0 bridgehead atoms. The third-order valence-electron chi connectivity index (χ3n) is 1.51. The highest BCUT2D eigenvalue weighted by atomic mass is 35.5. The van der Waals surface area contributed by atoms with Gasteiger partial charge in [0.2, 0.25) is 0 Å². The monoisotopic (exact) mass is 197 g/mol. The van der Waals surface area contributed by atoms with E-state index in [1.807, 2.05) is 12.1 Å². The quantitative estimate of drug-likeness (QED) is 0.683. The molecule has 1 aromatic heterocycles. The Balaban J connectivity index is 0.000000845. The predicted octanol–water partition coefficient (Wildman–Crippen LogP) is 0.666. The van der Waals surface area contributed by atoms with E-state index in [2.05, 4.69) is 15.5 Å². The predicted molar refractivity (Wildman–Crippen MR) is 50.8 cm³/mol. The molecule has 1 heterocycles. The topological polar surface area (TPSA) is 69.6 Å². The molecule has 2 rings (SSSR count). The smallest absolute Gasteiger partial charge is 0.143 e. The van der Waals surface area contributed by atoms with Crippen molar-refractivity contribution in [2.45, 2.75) is 0 Å². The molecule has 13 heavy (non-hydrogen) atoms. The van der Waals surface area contributed by atoms with E-state index >= 15 is 0 Å². The molecule has 2 N–H and O–H groups in total. The molecule has 0 unspecified atom stereocenters. The molecule has 2 aromatic rings. The summed E-state index contributed by atoms with van der Waals surface area (Å²) in [5, 5.41) is 10.8. The third-order valence-corrected chi connectivity index (χ3v) is 1.51. The molecule has 6 heteroatoms. The van der Waals surface area contributed by atoms with Gasteiger partial charge < -0.3 is 5.73 Å². The van der Waals surface area contributed by atoms with Gasteiger partial charge in [-0.25, -0.2) is 4.68 Å². The van der Waals surface area contributed by atoms with Crippen LogP contribution in [0.3, 0.4) is 0 Å². The lowest BCUT2D eigenvalue weighted by Gasteiger charge is -1.97. The summed E-state index contributed by atoms with van der Waals surface area (Å²) in [4.78, 5) is 0. The minimum atomic E-state index is 0. The molecule has 0 atom stereocenters. The van der Waals surface area contributed by atoms with Gasteiger partial charge in [-0.1, -0.05) is 0 Å². The van der Waals surface area contributed by atoms with Gasteiger partial charge in [-0.3, -0.25) is 0 Å². The third kappa shape index (κ3) is 1.94. The first-order chi connectivity index (χ1) is 5.86. The van der Waals surface area contributed by atoms with Gasteiger partial charge in [0.25, 0.3) is 0 Å². The van der Waals surface area contributed by atoms with Crippen molar-refractivity contribution in [1.29, 1.82) is 0 Å². The van der Waals surface area contributed by atoms with Gasteiger partial charge in [-0.05, 0) is 34.7 Å². The zero-order chi connectivity index (χ0) is 8.39. The first-order valence-electron chi connectivity index (χ1n) is 3.45. The van der Waals surface area contributed by atoms with Crippen molar-refractivity contribution in [2.75, 3.05) is 5.73 Å². The van der Waals surface area contributed by atoms with E-state index in [1.165, 1.54) is 6.33 Å². The Bertz CT molecular complexity index is 355. The maximum atomic E-state index is 5.52. The molecular weight excluding hydrogens is 190 g/mol. The fourth-order valence-electron chi connectivity index (χ4n) is 0.907. The summed E-state index contributed by atoms with van der Waals surface area (Å²) in [6.45, 7) is 0. The maximum absolute atomic E-state index is 5.52. The molecule has 0 radical (unpaired) electrons. The summed E-state index contributed by atoms with van der Waals surface area (Å²) in [7, 11) is 0. The zero-order valence-corrected chi connectivity index (χ0v) is 7.48. The second kappa shape index (κ2) is 3.86. The van der Waals surface area contributed by atoms with Crippen molar-refractivity contribution < 1.29 is 0 Å². The zero-order valence-electron chi connectivity index (χ0n) is 6.66. The number of anilines is 1. The molecule has 0 saturated heterocycles. The van der Waals surface area contributed by atoms with Gasteiger partial charge in [-0.15, -0.1) is 17.5 Å². The van der Waals surface area contributed by atoms with Crippen molar-refractivity contribution >= 4 is 18.1 Å². The lowest BCUT2D eigenvalue weighted by atomic mass is 10.3. The van der Waals surface area contributed by atoms with Crippen LogP contribution in [-0.4, -0.2) is 20.2 Å². The van der Waals surface area contributed by atoms with Gasteiger partial charge in [0.05, 0.1) is 5.69 Å². The highest BCUT2D eigenvalue weighted by Crippen LogP contribution is 2.07. The van der Waals surface area contributed by atoms with Crippen molar-refractivity contribution in [2.24, 2.45) is 0 Å². The summed E-state index contributed by atoms with van der Waals surface area (Å²) < 4.78 is 1.57. The van der Waals surface area contributed by atoms with Gasteiger partial charge in [0.1, 0.15) is 6.33 Å². The van der Waals surface area contributed by atoms with E-state index in [-0.39, 0.29) is 12.4 Å². The first-order valence-corrected chi connectivity index (χ1v) is 3.45. The molecule has 5 nitrogen and oxygen atoms in total. The van der Waals surface area contributed by atoms with Gasteiger partial charge in [0, 0.05) is 5.69 Å². The molecule has 0 saturated carbocycles. The number of benzene rings is 1. The number of tetrazole rings is 1. The van der Waals surface area contributed by atoms with Crippen LogP contribution in [0.1, 0.15) is 0 Å². The minimum Gasteiger partial charge on any atom is -0.399 e. The average Bonchev–Trinajstić information content (AvgIpc) is 2.58. The van der Waals surface area contributed by atoms with Gasteiger partial charge in [-0.2, -0.15) is 0 Å². The number of nitrogens with two attached hydrogens (primary N) is 1. The van der Waals surface area contributed by atoms with E-state index in [4.69, 9.17) is 5.73 Å². The molecule has 0 amide bonds. The Morgan fingerprint density at radius 1 is 1.15 bits per heavy atom. The van der Waals surface area contributed by atoms with E-state index in [0.717, 1.165) is 11.4 Å². The molecular formula is C7H8ClN5. The highest BCUT2D eigenvalue weighted by molar-refractivity contribution is 5.85. The number of halogens is 1. The summed E-state index contributed by atoms with van der Waals surface area (Å²) >= 11 is 0. The number of nitrogen functional groups attached to an aromatic ring is 1. The normalized spacial score (nSPS) is 9.23. The second-order valence-corrected chi connectivity index (χ2v) is 2.35. The van der Waals surface area contributed by atoms with Crippen molar-refractivity contribution in [3.8, 4) is 5.69 Å². The van der Waals surface area contributed by atoms with Crippen LogP contribution in [-0.2, 0) is 0 Å². The molecule has 0 aliphatic rings. The standard InChI is InChI=1S/C7H7N5.ClH/c8-6-1-3-7(4-2-6)12-5-9-10-11-12;/h1-5H,8H2;1H. The lowest BCUT2D eigenvalue weighted by molar-refractivity contribution is 0.789. The van der Waals surface area contributed by atoms with E-state index in [1.54, 1.807) is 16.8 Å². The van der Waals surface area contributed by atoms with Crippen molar-refractivity contribution in [3.05, 3.63) is 30.6 Å². The number of rotatable bonds is 1. The minimum absolute atomic E-state index is 0. The number of aromatic nitrogens is 4. The first kappa shape index (κ1) is 9.47. The Labute approximate surface area is 81.0 Å². The fourth-order valence-corrected chi connectivity index (χ4v) is 0.907. The second-order valence-electron chi connectivity index (χ2n) is 2.35. The van der Waals surface area contributed by atoms with Crippen molar-refractivity contribution in [1.82, 2.24) is 20.2 Å². The molecule has 0 spiro atoms. The number of nitrogens with zero attached hydrogens (tertiary/aromatic N) is 4. The van der Waals surface area contributed by atoms with Gasteiger partial charge >= 0.3 is 0 Å². The Morgan fingerprint density at radius 2 is 1.85 bits per heavy atom. The summed E-state index contributed by atoms with van der Waals surface area (Å²) in [6.07, 6.45) is 1.53. The fraction of sp³-hybridized carbons (Fsp3) is 0. The van der Waals surface area contributed by atoms with Crippen LogP contribution in [0, 0.1) is 0 Å². The number of hydrogen-bond acceptors (Lipinski definition) is 4. The van der Waals surface area contributed by atoms with Crippen LogP contribution in [0.2, 0.25) is 0 Å². The molecule has 0 aliphatic carbocycles. The highest BCUT2D eigenvalue weighted by Gasteiger charge is 1.95. The average molecular weight is 198 g/mol. The largest absolute Gasteiger partial charge is 0.399 e. The summed E-state index contributed by atoms with van der Waals surface area (Å²) in [5.41, 5.74) is 7.15. The van der Waals surface area contributed by atoms with Crippen LogP contribution < -0.4 is 5.73 Å². The number of hydrogen-bond donors (Lipinski definition) is 1. The Morgan fingerprint density at radius 3 is 2.38 bits per heavy atom. The Hall–Kier alpha value is -1.62. The molecule has 1 aromatic carbocycles. The van der Waals surface area contributed by atoms with Crippen LogP contribution in [0.25, 0.3) is 5.69 Å². The molecule has 0 aliphatic heterocycles. The van der Waals surface area contributed by atoms with Crippen LogP contribution in [0.5, 0.6) is 0 Å². The summed E-state index contributed by atoms with van der Waals surface area (Å²) in [6, 6.07) is 7.31. The summed E-state index contributed by atoms with van der Waals surface area (Å²) in [5.74, 6) is 0. The van der Waals surface area contributed by atoms with Gasteiger partial charge in [0.15, 0.2) is 0 Å². The SMILES string of the molecule is Cl.Nc1ccc(-n2cnnn2)cc1. The van der Waals surface area contributed by atoms with E-state index in [9.17, 15) is 0 Å². The van der Waals surface area contributed by atoms with Crippen LogP contribution in [0.15, 0.2) is 30.6 Å². The molecule has 0 fully saturated rings. The maximum Gasteiger partial charge on any atom is 0.143 e. The van der Waals surface area contributed by atoms with E-state index in [0.29, 0.717) is 0 Å². The molecule has 68 valence electrons. The Kier molecular flexibility index (Phi) is 2.81. The van der Waals surface area contributed by atoms with Crippen LogP contribution >= 0.6 is 12.4 Å². The lowest BCUT2D eigenvalue weighted by Crippen LogP contribution is -1.95.